The van der Waals surface area contributed by atoms with Gasteiger partial charge in [-0.1, -0.05) is 425 Å². The smallest absolute Gasteiger partial charge is 0.171 e. The Morgan fingerprint density at radius 2 is 0.438 bits per heavy atom. The highest BCUT2D eigenvalue weighted by molar-refractivity contribution is 7.89. The van der Waals surface area contributed by atoms with Crippen molar-refractivity contribution in [1.29, 1.82) is 0 Å². The number of hydrogen-bond donors (Lipinski definition) is 0. The number of ether oxygens (including phenoxy) is 4. The Labute approximate surface area is 713 Å². The van der Waals surface area contributed by atoms with Crippen molar-refractivity contribution in [2.75, 3.05) is 26.4 Å². The first kappa shape index (κ1) is 81.3. The second kappa shape index (κ2) is 37.7. The van der Waals surface area contributed by atoms with Crippen LogP contribution in [0.1, 0.15) is 11.1 Å². The molecular formula is C108H88O7P6. The van der Waals surface area contributed by atoms with E-state index in [1.54, 1.807) is 0 Å². The van der Waals surface area contributed by atoms with Crippen LogP contribution in [0, 0.1) is 13.8 Å². The maximum absolute atomic E-state index is 16.1. The van der Waals surface area contributed by atoms with Gasteiger partial charge in [0.15, 0.2) is 44.4 Å². The summed E-state index contributed by atoms with van der Waals surface area (Å²) in [5, 5.41) is 18.3. The highest BCUT2D eigenvalue weighted by Gasteiger charge is 2.41. The van der Waals surface area contributed by atoms with Crippen molar-refractivity contribution in [3.8, 4) is 45.3 Å². The van der Waals surface area contributed by atoms with Crippen molar-refractivity contribution in [2.45, 2.75) is 13.8 Å². The number of rotatable bonds is 20. The predicted octanol–water partition coefficient (Wildman–Crippen LogP) is 18.7. The van der Waals surface area contributed by atoms with Crippen molar-refractivity contribution < 1.29 is 32.6 Å². The lowest BCUT2D eigenvalue weighted by Gasteiger charge is -2.32. The average molecular weight is 1680 g/mol. The molecular weight excluding hydrogens is 1600 g/mol. The fraction of sp³-hybridized carbons (Fsp3) is 0.0556. The Morgan fingerprint density at radius 1 is 0.198 bits per heavy atom. The van der Waals surface area contributed by atoms with E-state index in [1.807, 2.05) is 231 Å². The molecule has 7 nitrogen and oxygen atoms in total. The Kier molecular flexibility index (Phi) is 25.3. The van der Waals surface area contributed by atoms with Crippen LogP contribution in [0.15, 0.2) is 449 Å². The van der Waals surface area contributed by atoms with E-state index >= 15 is 13.7 Å². The standard InChI is InChI=1S/C40H32O5P2.C38H32OP2.C30H24OP2/c41-47(31-17-9-3-10-18-31,32-19-11-4-12-20-32)36-24-22-34-40(45-28-26-43-34)38(36)37-35(23-21-33-39(37)44-27-25-42-33)46(29-13-5-1-6-14-29)30-15-7-2-8-16-30;1-29-17-15-27-35(40(31-19-7-3-8-20-31)32-21-9-4-10-22-32)37(29)38-30(2)18-16-28-36(38)41(39,33-23-11-5-12-24-33)34-25-13-6-14-26-34;31-33(27-19-9-3-10-20-27,28-21-11-4-12-22-28)30-24-14-13-23-29(30)32(25-15-5-1-6-16-25)26-17-7-2-8-18-26/h1-24H,25-28H2;3-28H,1-2H3;1-24H. The van der Waals surface area contributed by atoms with Gasteiger partial charge in [0.25, 0.3) is 0 Å². The second-order valence-corrected chi connectivity index (χ2v) is 44.0. The molecule has 0 fully saturated rings. The molecule has 13 heteroatoms. The van der Waals surface area contributed by atoms with E-state index in [4.69, 9.17) is 18.9 Å². The van der Waals surface area contributed by atoms with Gasteiger partial charge in [0.2, 0.25) is 0 Å². The Bertz CT molecular complexity index is 6260. The summed E-state index contributed by atoms with van der Waals surface area (Å²) in [5.41, 5.74) is 6.12. The molecule has 0 aromatic heterocycles. The summed E-state index contributed by atoms with van der Waals surface area (Å²) in [6.07, 6.45) is 0. The molecule has 0 spiro atoms. The molecule has 2 aliphatic heterocycles. The quantitative estimate of drug-likeness (QED) is 0.0703. The molecule has 0 radical (unpaired) electrons. The molecule has 121 heavy (non-hydrogen) atoms. The summed E-state index contributed by atoms with van der Waals surface area (Å²) in [6, 6.07) is 153. The minimum absolute atomic E-state index is 0.373. The molecule has 592 valence electrons. The first-order valence-corrected chi connectivity index (χ1v) is 49.8. The van der Waals surface area contributed by atoms with Gasteiger partial charge in [-0.3, -0.25) is 0 Å². The van der Waals surface area contributed by atoms with E-state index in [2.05, 4.69) is 232 Å². The fourth-order valence-corrected chi connectivity index (χ4v) is 32.9. The third-order valence-corrected chi connectivity index (χ3v) is 38.8. The summed E-state index contributed by atoms with van der Waals surface area (Å²) in [5.74, 6) is 2.47. The molecule has 0 unspecified atom stereocenters. The van der Waals surface area contributed by atoms with Crippen molar-refractivity contribution >= 4 is 141 Å². The fourth-order valence-electron chi connectivity index (χ4n) is 16.3. The largest absolute Gasteiger partial charge is 0.486 e. The van der Waals surface area contributed by atoms with Gasteiger partial charge >= 0.3 is 0 Å². The van der Waals surface area contributed by atoms with E-state index in [0.29, 0.717) is 54.7 Å². The van der Waals surface area contributed by atoms with Crippen LogP contribution in [0.2, 0.25) is 0 Å². The van der Waals surface area contributed by atoms with Gasteiger partial charge in [-0.25, -0.2) is 0 Å². The number of aryl methyl sites for hydroxylation is 2. The topological polar surface area (TPSA) is 88.1 Å². The first-order valence-electron chi connectivity index (χ1n) is 40.6. The lowest BCUT2D eigenvalue weighted by Crippen LogP contribution is -2.36. The van der Waals surface area contributed by atoms with Gasteiger partial charge in [-0.05, 0) is 132 Å². The second-order valence-electron chi connectivity index (χ2n) is 29.3. The number of fused-ring (bicyclic) bond motifs is 2. The molecule has 0 bridgehead atoms. The molecule has 17 aromatic carbocycles. The van der Waals surface area contributed by atoms with Crippen molar-refractivity contribution in [3.63, 3.8) is 0 Å². The lowest BCUT2D eigenvalue weighted by atomic mass is 9.96. The van der Waals surface area contributed by atoms with Crippen molar-refractivity contribution in [3.05, 3.63) is 460 Å². The minimum atomic E-state index is -3.48. The van der Waals surface area contributed by atoms with Gasteiger partial charge in [0.1, 0.15) is 26.4 Å². The zero-order valence-corrected chi connectivity index (χ0v) is 72.5. The van der Waals surface area contributed by atoms with E-state index < -0.39 is 45.2 Å². The van der Waals surface area contributed by atoms with Crippen LogP contribution in [0.4, 0.5) is 0 Å². The van der Waals surface area contributed by atoms with E-state index in [-0.39, 0.29) is 0 Å². The van der Waals surface area contributed by atoms with Crippen molar-refractivity contribution in [2.24, 2.45) is 0 Å². The summed E-state index contributed by atoms with van der Waals surface area (Å²) < 4.78 is 72.5. The molecule has 2 heterocycles. The normalized spacial score (nSPS) is 12.3. The molecule has 2 aliphatic rings. The monoisotopic (exact) mass is 1680 g/mol. The van der Waals surface area contributed by atoms with Crippen LogP contribution in [-0.4, -0.2) is 26.4 Å². The summed E-state index contributed by atoms with van der Waals surface area (Å²) >= 11 is 0. The van der Waals surface area contributed by atoms with Gasteiger partial charge in [-0.15, -0.1) is 0 Å². The SMILES string of the molecule is Cc1cccc(P(c2ccccc2)c2ccccc2)c1-c1c(C)cccc1P(=O)(c1ccccc1)c1ccccc1.O=P(c1ccccc1)(c1ccccc1)c1ccc2c(c1-c1c(P(c3ccccc3)c3ccccc3)ccc3c1OCCO3)OCCO2.O=P(c1ccccc1)(c1ccccc1)c1ccccc1P(c1ccccc1)c1ccccc1. The van der Waals surface area contributed by atoms with Gasteiger partial charge < -0.3 is 32.6 Å². The molecule has 17 aromatic rings. The molecule has 0 amide bonds. The molecule has 0 saturated heterocycles. The molecule has 0 aliphatic carbocycles. The summed E-state index contributed by atoms with van der Waals surface area (Å²) in [7, 11) is -12.6. The first-order chi connectivity index (χ1) is 59.6. The Hall–Kier alpha value is -12.1. The number of benzene rings is 17. The minimum Gasteiger partial charge on any atom is -0.486 e. The molecule has 19 rings (SSSR count). The van der Waals surface area contributed by atoms with Gasteiger partial charge in [0.05, 0.1) is 0 Å². The maximum atomic E-state index is 16.1. The Morgan fingerprint density at radius 3 is 0.793 bits per heavy atom. The van der Waals surface area contributed by atoms with Gasteiger partial charge in [-0.2, -0.15) is 0 Å². The van der Waals surface area contributed by atoms with Crippen LogP contribution >= 0.6 is 45.2 Å². The third-order valence-electron chi connectivity index (χ3n) is 21.8. The van der Waals surface area contributed by atoms with E-state index in [1.165, 1.54) is 48.3 Å². The predicted molar refractivity (Wildman–Crippen MR) is 516 cm³/mol. The Balaban J connectivity index is 0.000000131. The summed E-state index contributed by atoms with van der Waals surface area (Å²) in [4.78, 5) is 0. The lowest BCUT2D eigenvalue weighted by molar-refractivity contribution is 0.170. The summed E-state index contributed by atoms with van der Waals surface area (Å²) in [6.45, 7) is 6.00. The molecule has 0 N–H and O–H groups in total. The number of hydrogen-bond acceptors (Lipinski definition) is 7. The van der Waals surface area contributed by atoms with Crippen LogP contribution in [-0.2, 0) is 13.7 Å². The zero-order valence-electron chi connectivity index (χ0n) is 67.1. The van der Waals surface area contributed by atoms with Crippen LogP contribution < -0.4 is 114 Å². The van der Waals surface area contributed by atoms with Crippen LogP contribution in [0.3, 0.4) is 0 Å². The molecule has 0 atom stereocenters. The van der Waals surface area contributed by atoms with Crippen LogP contribution in [0.5, 0.6) is 23.0 Å². The van der Waals surface area contributed by atoms with Gasteiger partial charge in [0, 0.05) is 58.9 Å². The highest BCUT2D eigenvalue weighted by atomic mass is 31.2. The maximum Gasteiger partial charge on any atom is 0.171 e. The zero-order chi connectivity index (χ0) is 82.4. The molecule has 0 saturated carbocycles. The third kappa shape index (κ3) is 16.7. The van der Waals surface area contributed by atoms with Crippen molar-refractivity contribution in [1.82, 2.24) is 0 Å². The van der Waals surface area contributed by atoms with E-state index in [0.717, 1.165) is 75.3 Å². The average Bonchev–Trinajstić information content (AvgIpc) is 0.716. The highest BCUT2D eigenvalue weighted by Crippen LogP contribution is 2.56. The van der Waals surface area contributed by atoms with Crippen LogP contribution in [0.25, 0.3) is 22.3 Å². The van der Waals surface area contributed by atoms with E-state index in [9.17, 15) is 0 Å².